The minimum Gasteiger partial charge on any atom is -0.360 e. The van der Waals surface area contributed by atoms with Crippen molar-refractivity contribution in [1.29, 1.82) is 0 Å². The highest BCUT2D eigenvalue weighted by atomic mass is 16.1. The van der Waals surface area contributed by atoms with Gasteiger partial charge in [0.2, 0.25) is 0 Å². The summed E-state index contributed by atoms with van der Waals surface area (Å²) < 4.78 is 0. The Bertz CT molecular complexity index is 436. The first-order valence-corrected chi connectivity index (χ1v) is 9.20. The van der Waals surface area contributed by atoms with E-state index in [1.807, 2.05) is 19.2 Å². The smallest absolute Gasteiger partial charge is 0.162 e. The fraction of sp³-hybridized carbons (Fsp3) is 0.737. The molecule has 0 amide bonds. The molecule has 0 saturated heterocycles. The Hall–Kier alpha value is -1.29. The maximum atomic E-state index is 12.8. The molecule has 2 aliphatic rings. The van der Waals surface area contributed by atoms with E-state index in [1.54, 1.807) is 0 Å². The predicted octanol–water partition coefficient (Wildman–Crippen LogP) is 2.68. The summed E-state index contributed by atoms with van der Waals surface area (Å²) in [5.74, 6) is 2.51. The van der Waals surface area contributed by atoms with Crippen LogP contribution in [-0.2, 0) is 4.79 Å². The molecule has 23 heavy (non-hydrogen) atoms. The number of Topliss-reactive ketones (excluding diaryl/α,β-unsaturated/α-hetero) is 1. The number of rotatable bonds is 8. The van der Waals surface area contributed by atoms with Crippen LogP contribution in [0.15, 0.2) is 24.0 Å². The maximum absolute atomic E-state index is 12.8. The predicted molar refractivity (Wildman–Crippen MR) is 96.1 cm³/mol. The average molecular weight is 319 g/mol. The molecule has 1 heterocycles. The van der Waals surface area contributed by atoms with Crippen LogP contribution >= 0.6 is 0 Å². The summed E-state index contributed by atoms with van der Waals surface area (Å²) in [5, 5.41) is 6.57. The van der Waals surface area contributed by atoms with E-state index >= 15 is 0 Å². The monoisotopic (exact) mass is 319 g/mol. The maximum Gasteiger partial charge on any atom is 0.162 e. The average Bonchev–Trinajstić information content (AvgIpc) is 2.60. The van der Waals surface area contributed by atoms with Crippen molar-refractivity contribution in [3.8, 4) is 0 Å². The third-order valence-corrected chi connectivity index (χ3v) is 5.22. The zero-order chi connectivity index (χ0) is 16.7. The van der Waals surface area contributed by atoms with Crippen LogP contribution < -0.4 is 10.6 Å². The minimum absolute atomic E-state index is 0.153. The number of hydrogen-bond acceptors (Lipinski definition) is 4. The van der Waals surface area contributed by atoms with E-state index in [-0.39, 0.29) is 12.0 Å². The largest absolute Gasteiger partial charge is 0.360 e. The molecule has 1 saturated carbocycles. The van der Waals surface area contributed by atoms with Crippen molar-refractivity contribution >= 4 is 5.78 Å². The van der Waals surface area contributed by atoms with Gasteiger partial charge in [-0.25, -0.2) is 0 Å². The van der Waals surface area contributed by atoms with Crippen LogP contribution in [0.4, 0.5) is 0 Å². The summed E-state index contributed by atoms with van der Waals surface area (Å²) in [6, 6.07) is -0.153. The molecule has 1 aliphatic carbocycles. The van der Waals surface area contributed by atoms with Gasteiger partial charge in [-0.2, -0.15) is 0 Å². The summed E-state index contributed by atoms with van der Waals surface area (Å²) >= 11 is 0. The number of hydrogen-bond donors (Lipinski definition) is 2. The van der Waals surface area contributed by atoms with Crippen LogP contribution in [0.2, 0.25) is 0 Å². The van der Waals surface area contributed by atoms with Crippen molar-refractivity contribution in [2.45, 2.75) is 51.5 Å². The molecular weight excluding hydrogens is 286 g/mol. The highest BCUT2D eigenvalue weighted by molar-refractivity contribution is 5.88. The van der Waals surface area contributed by atoms with Gasteiger partial charge in [0.05, 0.1) is 0 Å². The van der Waals surface area contributed by atoms with Gasteiger partial charge in [-0.3, -0.25) is 4.79 Å². The fourth-order valence-electron chi connectivity index (χ4n) is 3.71. The molecule has 1 fully saturated rings. The number of dihydropyridines is 1. The molecule has 2 N–H and O–H groups in total. The minimum atomic E-state index is -0.153. The van der Waals surface area contributed by atoms with Gasteiger partial charge in [-0.1, -0.05) is 31.9 Å². The van der Waals surface area contributed by atoms with Gasteiger partial charge in [-0.15, -0.1) is 0 Å². The Balaban J connectivity index is 1.84. The van der Waals surface area contributed by atoms with Crippen LogP contribution in [0, 0.1) is 11.8 Å². The van der Waals surface area contributed by atoms with Crippen molar-refractivity contribution in [2.75, 3.05) is 27.2 Å². The van der Waals surface area contributed by atoms with Crippen LogP contribution in [-0.4, -0.2) is 43.9 Å². The lowest BCUT2D eigenvalue weighted by atomic mass is 9.77. The van der Waals surface area contributed by atoms with E-state index in [0.29, 0.717) is 5.78 Å². The fourth-order valence-corrected chi connectivity index (χ4v) is 3.71. The Morgan fingerprint density at radius 1 is 1.35 bits per heavy atom. The van der Waals surface area contributed by atoms with Gasteiger partial charge in [0.15, 0.2) is 5.78 Å². The van der Waals surface area contributed by atoms with Gasteiger partial charge in [0.1, 0.15) is 11.9 Å². The van der Waals surface area contributed by atoms with Crippen molar-refractivity contribution in [2.24, 2.45) is 11.8 Å². The summed E-state index contributed by atoms with van der Waals surface area (Å²) in [5.41, 5.74) is 0. The second-order valence-electron chi connectivity index (χ2n) is 6.99. The summed E-state index contributed by atoms with van der Waals surface area (Å²) in [4.78, 5) is 15.0. The van der Waals surface area contributed by atoms with E-state index in [2.05, 4.69) is 35.6 Å². The molecule has 0 bridgehead atoms. The number of nitrogens with one attached hydrogen (secondary N) is 2. The summed E-state index contributed by atoms with van der Waals surface area (Å²) in [7, 11) is 4.02. The second kappa shape index (κ2) is 9.11. The van der Waals surface area contributed by atoms with Gasteiger partial charge in [-0.05, 0) is 44.7 Å². The van der Waals surface area contributed by atoms with E-state index in [9.17, 15) is 4.79 Å². The van der Waals surface area contributed by atoms with E-state index in [0.717, 1.165) is 37.7 Å². The Labute approximate surface area is 141 Å². The highest BCUT2D eigenvalue weighted by Gasteiger charge is 2.30. The Morgan fingerprint density at radius 2 is 2.09 bits per heavy atom. The van der Waals surface area contributed by atoms with Crippen LogP contribution in [0.3, 0.4) is 0 Å². The standard InChI is InChI=1S/C19H33N3O/c1-4-6-15-9-11-16(12-10-15)19(23)17-7-5-8-18(21-17)22(3)14-13-20-2/h5,7-8,15-17,20-21H,4,6,9-14H2,1-3H3/t15?,16?,17-/m0/s1. The lowest BCUT2D eigenvalue weighted by Gasteiger charge is -2.32. The zero-order valence-electron chi connectivity index (χ0n) is 15.0. The van der Waals surface area contributed by atoms with Crippen molar-refractivity contribution in [3.05, 3.63) is 24.0 Å². The lowest BCUT2D eigenvalue weighted by molar-refractivity contribution is -0.125. The first-order chi connectivity index (χ1) is 11.2. The topological polar surface area (TPSA) is 44.4 Å². The van der Waals surface area contributed by atoms with Crippen molar-refractivity contribution in [1.82, 2.24) is 15.5 Å². The van der Waals surface area contributed by atoms with E-state index < -0.39 is 0 Å². The SMILES string of the molecule is CCCC1CCC(C(=O)[C@@H]2C=CC=C(N(C)CCNC)N2)CC1. The number of likely N-dealkylation sites (N-methyl/N-ethyl adjacent to an activating group) is 2. The third kappa shape index (κ3) is 5.10. The van der Waals surface area contributed by atoms with Gasteiger partial charge in [0, 0.05) is 26.1 Å². The highest BCUT2D eigenvalue weighted by Crippen LogP contribution is 2.32. The number of carbonyl (C=O) groups excluding carboxylic acids is 1. The molecule has 0 radical (unpaired) electrons. The second-order valence-corrected chi connectivity index (χ2v) is 6.99. The molecule has 1 atom stereocenters. The molecule has 1 aliphatic heterocycles. The van der Waals surface area contributed by atoms with Crippen molar-refractivity contribution < 1.29 is 4.79 Å². The first-order valence-electron chi connectivity index (χ1n) is 9.20. The molecule has 4 heteroatoms. The van der Waals surface area contributed by atoms with Gasteiger partial charge >= 0.3 is 0 Å². The third-order valence-electron chi connectivity index (χ3n) is 5.22. The molecule has 0 spiro atoms. The van der Waals surface area contributed by atoms with Crippen LogP contribution in [0.1, 0.15) is 45.4 Å². The van der Waals surface area contributed by atoms with E-state index in [4.69, 9.17) is 0 Å². The lowest BCUT2D eigenvalue weighted by Crippen LogP contribution is -2.45. The molecule has 0 unspecified atom stereocenters. The number of nitrogens with zero attached hydrogens (tertiary/aromatic N) is 1. The molecule has 0 aromatic heterocycles. The molecule has 4 nitrogen and oxygen atoms in total. The summed E-state index contributed by atoms with van der Waals surface area (Å²) in [6.45, 7) is 4.11. The normalized spacial score (nSPS) is 27.3. The molecular formula is C19H33N3O. The number of carbonyl (C=O) groups is 1. The zero-order valence-corrected chi connectivity index (χ0v) is 15.0. The first kappa shape index (κ1) is 18.1. The Morgan fingerprint density at radius 3 is 2.74 bits per heavy atom. The van der Waals surface area contributed by atoms with E-state index in [1.165, 1.54) is 25.7 Å². The molecule has 2 rings (SSSR count). The van der Waals surface area contributed by atoms with Crippen LogP contribution in [0.25, 0.3) is 0 Å². The summed E-state index contributed by atoms with van der Waals surface area (Å²) in [6.07, 6.45) is 13.3. The molecule has 0 aromatic rings. The van der Waals surface area contributed by atoms with Gasteiger partial charge in [0.25, 0.3) is 0 Å². The van der Waals surface area contributed by atoms with Gasteiger partial charge < -0.3 is 15.5 Å². The number of ketones is 1. The quantitative estimate of drug-likeness (QED) is 0.722. The molecule has 130 valence electrons. The van der Waals surface area contributed by atoms with Crippen molar-refractivity contribution in [3.63, 3.8) is 0 Å². The van der Waals surface area contributed by atoms with Crippen LogP contribution in [0.5, 0.6) is 0 Å². The number of allylic oxidation sites excluding steroid dienone is 2. The molecule has 0 aromatic carbocycles. The Kier molecular flexibility index (Phi) is 7.15.